The first-order valence-corrected chi connectivity index (χ1v) is 7.22. The van der Waals surface area contributed by atoms with Crippen molar-refractivity contribution in [2.75, 3.05) is 0 Å². The summed E-state index contributed by atoms with van der Waals surface area (Å²) in [5.41, 5.74) is 2.85. The third-order valence-electron chi connectivity index (χ3n) is 2.90. The molecule has 6 heteroatoms. The van der Waals surface area contributed by atoms with E-state index in [9.17, 15) is 0 Å². The Bertz CT molecular complexity index is 541. The fourth-order valence-electron chi connectivity index (χ4n) is 1.54. The lowest BCUT2D eigenvalue weighted by molar-refractivity contribution is 0.331. The van der Waals surface area contributed by atoms with Crippen molar-refractivity contribution in [1.82, 2.24) is 20.4 Å². The Labute approximate surface area is 117 Å². The minimum Gasteiger partial charge on any atom is -0.338 e. The van der Waals surface area contributed by atoms with Gasteiger partial charge in [-0.1, -0.05) is 25.9 Å². The highest BCUT2D eigenvalue weighted by molar-refractivity contribution is 7.09. The van der Waals surface area contributed by atoms with E-state index in [0.29, 0.717) is 5.89 Å². The third-order valence-corrected chi connectivity index (χ3v) is 3.83. The molecule has 2 rings (SSSR count). The van der Waals surface area contributed by atoms with E-state index < -0.39 is 0 Å². The molecule has 19 heavy (non-hydrogen) atoms. The zero-order valence-corrected chi connectivity index (χ0v) is 12.8. The molecule has 0 aliphatic heterocycles. The molecule has 2 aromatic rings. The Morgan fingerprint density at radius 1 is 1.42 bits per heavy atom. The number of hydrogen-bond acceptors (Lipinski definition) is 6. The van der Waals surface area contributed by atoms with E-state index in [1.54, 1.807) is 11.3 Å². The van der Waals surface area contributed by atoms with Crippen LogP contribution in [0.5, 0.6) is 0 Å². The van der Waals surface area contributed by atoms with Crippen molar-refractivity contribution in [2.24, 2.45) is 0 Å². The highest BCUT2D eigenvalue weighted by atomic mass is 32.1. The van der Waals surface area contributed by atoms with Gasteiger partial charge in [0.2, 0.25) is 5.89 Å². The molecule has 1 atom stereocenters. The first kappa shape index (κ1) is 14.1. The Balaban J connectivity index is 1.98. The standard InChI is InChI=1S/C13H20N4OS/c1-8-10(19-7-15-8)6-14-9(2)11-16-12(17-18-11)13(3,4)5/h7,9,14H,6H2,1-5H3. The number of nitrogens with one attached hydrogen (secondary N) is 1. The average molecular weight is 280 g/mol. The van der Waals surface area contributed by atoms with Crippen molar-refractivity contribution in [1.29, 1.82) is 0 Å². The van der Waals surface area contributed by atoms with Crippen LogP contribution in [0.3, 0.4) is 0 Å². The molecule has 0 aliphatic rings. The van der Waals surface area contributed by atoms with Crippen molar-refractivity contribution in [3.05, 3.63) is 27.8 Å². The molecule has 104 valence electrons. The molecule has 1 unspecified atom stereocenters. The molecule has 0 bridgehead atoms. The number of aromatic nitrogens is 3. The molecule has 2 heterocycles. The van der Waals surface area contributed by atoms with Crippen LogP contribution < -0.4 is 5.32 Å². The average Bonchev–Trinajstić information content (AvgIpc) is 2.93. The molecular formula is C13H20N4OS. The van der Waals surface area contributed by atoms with Gasteiger partial charge in [0.05, 0.1) is 17.2 Å². The summed E-state index contributed by atoms with van der Waals surface area (Å²) in [6.45, 7) is 11.0. The topological polar surface area (TPSA) is 63.8 Å². The minimum absolute atomic E-state index is 0.0325. The number of hydrogen-bond donors (Lipinski definition) is 1. The molecule has 0 radical (unpaired) electrons. The smallest absolute Gasteiger partial charge is 0.243 e. The zero-order valence-electron chi connectivity index (χ0n) is 12.0. The Morgan fingerprint density at radius 2 is 2.16 bits per heavy atom. The fourth-order valence-corrected chi connectivity index (χ4v) is 2.27. The molecule has 0 spiro atoms. The first-order chi connectivity index (χ1) is 8.88. The summed E-state index contributed by atoms with van der Waals surface area (Å²) in [4.78, 5) is 9.92. The number of thiazole rings is 1. The van der Waals surface area contributed by atoms with Gasteiger partial charge >= 0.3 is 0 Å². The number of rotatable bonds is 4. The van der Waals surface area contributed by atoms with Gasteiger partial charge in [-0.2, -0.15) is 4.98 Å². The van der Waals surface area contributed by atoms with E-state index in [2.05, 4.69) is 41.2 Å². The van der Waals surface area contributed by atoms with Crippen LogP contribution in [0.4, 0.5) is 0 Å². The van der Waals surface area contributed by atoms with Crippen molar-refractivity contribution in [2.45, 2.75) is 52.6 Å². The number of aryl methyl sites for hydroxylation is 1. The third kappa shape index (κ3) is 3.39. The Hall–Kier alpha value is -1.27. The predicted molar refractivity (Wildman–Crippen MR) is 75.1 cm³/mol. The van der Waals surface area contributed by atoms with E-state index in [-0.39, 0.29) is 11.5 Å². The van der Waals surface area contributed by atoms with Crippen molar-refractivity contribution < 1.29 is 4.52 Å². The molecule has 5 nitrogen and oxygen atoms in total. The molecule has 0 saturated carbocycles. The summed E-state index contributed by atoms with van der Waals surface area (Å²) in [5.74, 6) is 1.37. The van der Waals surface area contributed by atoms with E-state index >= 15 is 0 Å². The molecule has 0 aromatic carbocycles. The van der Waals surface area contributed by atoms with Gasteiger partial charge in [0.15, 0.2) is 5.82 Å². The van der Waals surface area contributed by atoms with Crippen LogP contribution in [0.1, 0.15) is 56.0 Å². The zero-order chi connectivity index (χ0) is 14.0. The summed E-state index contributed by atoms with van der Waals surface area (Å²) in [6, 6.07) is 0.0325. The van der Waals surface area contributed by atoms with Crippen LogP contribution >= 0.6 is 11.3 Å². The molecule has 0 amide bonds. The minimum atomic E-state index is -0.0876. The summed E-state index contributed by atoms with van der Waals surface area (Å²) in [7, 11) is 0. The van der Waals surface area contributed by atoms with E-state index in [0.717, 1.165) is 18.1 Å². The van der Waals surface area contributed by atoms with Crippen LogP contribution in [0, 0.1) is 6.92 Å². The van der Waals surface area contributed by atoms with E-state index in [4.69, 9.17) is 4.52 Å². The summed E-state index contributed by atoms with van der Waals surface area (Å²) < 4.78 is 5.32. The molecule has 0 fully saturated rings. The molecule has 0 saturated heterocycles. The fraction of sp³-hybridized carbons (Fsp3) is 0.615. The van der Waals surface area contributed by atoms with Crippen LogP contribution in [-0.2, 0) is 12.0 Å². The Kier molecular flexibility index (Phi) is 4.01. The molecule has 2 aromatic heterocycles. The highest BCUT2D eigenvalue weighted by Crippen LogP contribution is 2.21. The highest BCUT2D eigenvalue weighted by Gasteiger charge is 2.23. The monoisotopic (exact) mass is 280 g/mol. The lowest BCUT2D eigenvalue weighted by Crippen LogP contribution is -2.19. The van der Waals surface area contributed by atoms with Crippen LogP contribution in [-0.4, -0.2) is 15.1 Å². The van der Waals surface area contributed by atoms with Crippen LogP contribution in [0.15, 0.2) is 10.0 Å². The first-order valence-electron chi connectivity index (χ1n) is 6.34. The molecule has 1 N–H and O–H groups in total. The molecule has 0 aliphatic carbocycles. The normalized spacial score (nSPS) is 13.7. The van der Waals surface area contributed by atoms with Crippen molar-refractivity contribution in [3.63, 3.8) is 0 Å². The van der Waals surface area contributed by atoms with Gasteiger partial charge in [0, 0.05) is 16.8 Å². The maximum atomic E-state index is 5.32. The number of nitrogens with zero attached hydrogens (tertiary/aromatic N) is 3. The molecular weight excluding hydrogens is 260 g/mol. The van der Waals surface area contributed by atoms with Crippen molar-refractivity contribution in [3.8, 4) is 0 Å². The van der Waals surface area contributed by atoms with Gasteiger partial charge in [-0.3, -0.25) is 0 Å². The van der Waals surface area contributed by atoms with Gasteiger partial charge in [-0.25, -0.2) is 4.98 Å². The second-order valence-corrected chi connectivity index (χ2v) is 6.61. The van der Waals surface area contributed by atoms with Gasteiger partial charge in [-0.15, -0.1) is 11.3 Å². The summed E-state index contributed by atoms with van der Waals surface area (Å²) in [5, 5.41) is 7.42. The predicted octanol–water partition coefficient (Wildman–Crippen LogP) is 2.98. The lowest BCUT2D eigenvalue weighted by atomic mass is 9.96. The van der Waals surface area contributed by atoms with Crippen molar-refractivity contribution >= 4 is 11.3 Å². The summed E-state index contributed by atoms with van der Waals surface area (Å²) in [6.07, 6.45) is 0. The van der Waals surface area contributed by atoms with E-state index in [1.807, 2.05) is 19.4 Å². The van der Waals surface area contributed by atoms with E-state index in [1.165, 1.54) is 4.88 Å². The summed E-state index contributed by atoms with van der Waals surface area (Å²) >= 11 is 1.66. The van der Waals surface area contributed by atoms with Crippen LogP contribution in [0.2, 0.25) is 0 Å². The van der Waals surface area contributed by atoms with Gasteiger partial charge < -0.3 is 9.84 Å². The lowest BCUT2D eigenvalue weighted by Gasteiger charge is -2.11. The maximum absolute atomic E-state index is 5.32. The van der Waals surface area contributed by atoms with Gasteiger partial charge in [0.25, 0.3) is 0 Å². The second kappa shape index (κ2) is 5.38. The second-order valence-electron chi connectivity index (χ2n) is 5.67. The van der Waals surface area contributed by atoms with Gasteiger partial charge in [-0.05, 0) is 13.8 Å². The maximum Gasteiger partial charge on any atom is 0.243 e. The quantitative estimate of drug-likeness (QED) is 0.932. The van der Waals surface area contributed by atoms with Gasteiger partial charge in [0.1, 0.15) is 0 Å². The Morgan fingerprint density at radius 3 is 2.68 bits per heavy atom. The largest absolute Gasteiger partial charge is 0.338 e. The SMILES string of the molecule is Cc1ncsc1CNC(C)c1nc(C(C)(C)C)no1. The van der Waals surface area contributed by atoms with Crippen LogP contribution in [0.25, 0.3) is 0 Å².